The van der Waals surface area contributed by atoms with E-state index in [2.05, 4.69) is 90.1 Å². The summed E-state index contributed by atoms with van der Waals surface area (Å²) in [6, 6.07) is -4.29. The van der Waals surface area contributed by atoms with E-state index in [9.17, 15) is 82.4 Å². The lowest BCUT2D eigenvalue weighted by Gasteiger charge is -2.30. The van der Waals surface area contributed by atoms with E-state index in [0.29, 0.717) is 59.7 Å². The van der Waals surface area contributed by atoms with Crippen molar-refractivity contribution in [3.05, 3.63) is 142 Å². The molecule has 55 heteroatoms. The molecular weight excluding hydrogens is 1920 g/mol. The molecule has 4 aromatic carbocycles. The standard InChI is InChI=1S/C90H127F5N30O20/c91-67-50(68(92)70(94)71(95)69(67)93)39-61(123-84(143)64(43-127)124-80(139)60(38-48-41-113-52-19-8-7-18-49(48)52)122-83(142)63(42-126)125-82(141)62(40-66(129)130)120-73(132)51(96)36-45-25-27-47(28-26-45)72(131)46-16-5-2-6-17-46)81(140)121-59(37-44-14-3-1-4-15-44)79(138)117-55(22-11-33-110-88(102)103)75(134)114-53(20-9-31-108-86(98)99)74(133)115-54(21-10-32-109-87(100)101)76(135)118-57(29-30-65(97)128)78(137)116-56(23-12-34-111-89(104)105)77(136)119-58(85(144)145)24-13-35-112-90(106)107/h2,5-8,16-19,25-28,41,44,51,53-64,113,126-127H,1,3-4,9-15,20-24,29-40,42-43,96H2,(H2,97,128)(H,114,134)(H,115,133)(H,116,137)(H,117,138)(H,118,135)(H,119,136)(H,120,132)(H,121,140)(H,122,142)(H,123,143)(H,124,139)(H,125,141)(H,129,130)(H,144,145)(H4,98,99,108)(H4,100,101,109)(H4,102,103,110)(H4,104,105,111)(H4,106,107,112)/t51-,53-,54-,55-,56-,57-,58-,59-,60-,61-,62-,63-,64-/m1/s1. The second-order valence-electron chi connectivity index (χ2n) is 34.2. The van der Waals surface area contributed by atoms with Gasteiger partial charge in [-0.25, -0.2) is 26.7 Å². The number of nitrogens with two attached hydrogens (primary N) is 7. The summed E-state index contributed by atoms with van der Waals surface area (Å²) in [5.41, 5.74) is 39.3. The number of carboxylic acids is 2. The highest BCUT2D eigenvalue weighted by molar-refractivity contribution is 6.09. The molecule has 1 heterocycles. The fraction of sp³-hybridized carbons (Fsp3) is 0.478. The number of aliphatic hydroxyl groups is 2. The Bertz CT molecular complexity index is 5390. The first kappa shape index (κ1) is 118. The van der Waals surface area contributed by atoms with E-state index in [4.69, 9.17) is 67.2 Å². The zero-order chi connectivity index (χ0) is 107. The number of aromatic nitrogens is 1. The topological polar surface area (TPSA) is 876 Å². The number of H-pyrrole nitrogens is 1. The Balaban J connectivity index is 1.32. The molecule has 1 aliphatic rings. The highest BCUT2D eigenvalue weighted by atomic mass is 19.2. The molecule has 41 N–H and O–H groups in total. The van der Waals surface area contributed by atoms with Gasteiger partial charge in [-0.15, -0.1) is 0 Å². The van der Waals surface area contributed by atoms with E-state index in [0.717, 1.165) is 0 Å². The molecule has 1 fully saturated rings. The Hall–Kier alpha value is -16.0. The molecule has 1 aromatic heterocycles. The number of carbonyl (C=O) groups excluding carboxylic acids is 14. The average molecular weight is 2040 g/mol. The zero-order valence-electron chi connectivity index (χ0n) is 78.9. The molecule has 13 atom stereocenters. The largest absolute Gasteiger partial charge is 0.481 e. The number of rotatable bonds is 62. The van der Waals surface area contributed by atoms with Gasteiger partial charge in [-0.1, -0.05) is 105 Å². The first-order valence-electron chi connectivity index (χ1n) is 46.3. The van der Waals surface area contributed by atoms with Crippen LogP contribution in [-0.4, -0.2) is 274 Å². The number of amides is 13. The smallest absolute Gasteiger partial charge is 0.326 e. The van der Waals surface area contributed by atoms with Crippen molar-refractivity contribution in [1.82, 2.24) is 95.4 Å². The van der Waals surface area contributed by atoms with Gasteiger partial charge in [-0.2, -0.15) is 0 Å². The third-order valence-corrected chi connectivity index (χ3v) is 23.1. The molecule has 0 unspecified atom stereocenters. The summed E-state index contributed by atoms with van der Waals surface area (Å²) in [6.07, 6.45) is -3.58. The van der Waals surface area contributed by atoms with E-state index in [-0.39, 0.29) is 102 Å². The Morgan fingerprint density at radius 3 is 1.10 bits per heavy atom. The summed E-state index contributed by atoms with van der Waals surface area (Å²) in [5.74, 6) is -36.1. The molecule has 5 aromatic rings. The summed E-state index contributed by atoms with van der Waals surface area (Å²) in [7, 11) is 0. The third kappa shape index (κ3) is 39.8. The van der Waals surface area contributed by atoms with Crippen molar-refractivity contribution in [2.45, 2.75) is 220 Å². The number of guanidine groups is 5. The lowest BCUT2D eigenvalue weighted by atomic mass is 9.84. The number of primary amides is 1. The quantitative estimate of drug-likeness (QED) is 0.00328. The van der Waals surface area contributed by atoms with E-state index in [1.165, 1.54) is 30.5 Å². The van der Waals surface area contributed by atoms with Crippen LogP contribution >= 0.6 is 0 Å². The zero-order valence-corrected chi connectivity index (χ0v) is 78.9. The Kier molecular flexibility index (Phi) is 48.5. The number of nitrogens with one attached hydrogen (secondary N) is 23. The van der Waals surface area contributed by atoms with Crippen molar-refractivity contribution < 1.29 is 119 Å². The van der Waals surface area contributed by atoms with Gasteiger partial charge in [0.25, 0.3) is 0 Å². The summed E-state index contributed by atoms with van der Waals surface area (Å²) in [4.78, 5) is 229. The van der Waals surface area contributed by atoms with Crippen LogP contribution in [0.3, 0.4) is 0 Å². The summed E-state index contributed by atoms with van der Waals surface area (Å²) >= 11 is 0. The van der Waals surface area contributed by atoms with Gasteiger partial charge in [-0.05, 0) is 107 Å². The van der Waals surface area contributed by atoms with Gasteiger partial charge in [0, 0.05) is 85.8 Å². The highest BCUT2D eigenvalue weighted by Crippen LogP contribution is 2.30. The second-order valence-corrected chi connectivity index (χ2v) is 34.2. The van der Waals surface area contributed by atoms with Crippen molar-refractivity contribution in [2.24, 2.45) is 46.1 Å². The van der Waals surface area contributed by atoms with Crippen LogP contribution in [0.5, 0.6) is 0 Å². The maximum atomic E-state index is 16.1. The molecule has 0 aliphatic heterocycles. The number of aliphatic carboxylic acids is 2. The Morgan fingerprint density at radius 1 is 0.366 bits per heavy atom. The summed E-state index contributed by atoms with van der Waals surface area (Å²) in [5, 5.41) is 121. The number of hydrogen-bond acceptors (Lipinski definition) is 24. The minimum Gasteiger partial charge on any atom is -0.481 e. The molecule has 792 valence electrons. The van der Waals surface area contributed by atoms with Crippen LogP contribution < -0.4 is 131 Å². The minimum absolute atomic E-state index is 0.0184. The number of aromatic amines is 1. The van der Waals surface area contributed by atoms with Crippen LogP contribution in [0.25, 0.3) is 10.9 Å². The van der Waals surface area contributed by atoms with Crippen molar-refractivity contribution in [2.75, 3.05) is 45.9 Å². The molecule has 6 rings (SSSR count). The predicted molar refractivity (Wildman–Crippen MR) is 513 cm³/mol. The van der Waals surface area contributed by atoms with Gasteiger partial charge in [0.15, 0.2) is 58.8 Å². The third-order valence-electron chi connectivity index (χ3n) is 23.1. The molecule has 0 saturated heterocycles. The fourth-order valence-corrected chi connectivity index (χ4v) is 15.4. The SMILES string of the molecule is N=C(N)NCCC[C@@H](NC(=O)[C@@H](CCCNC(=N)N)NC(=O)[C@@H](CCC(N)=O)NC(=O)[C@@H](CCCNC(=N)N)NC(=O)[C@@H](CCCNC(=N)N)NC(=O)[C@@H](CCCNC(=N)N)NC(=O)[C@@H](CC1CCCCC1)NC(=O)[C@@H](Cc1c(F)c(F)c(F)c(F)c1F)NC(=O)[C@@H](CO)NC(=O)[C@@H](Cc1c[nH]c2ccccc12)NC(=O)[C@@H](CO)NC(=O)[C@@H](CC(=O)O)NC(=O)[C@H](N)Cc1ccc(C(=O)c2ccccc2)cc1)C(=O)O. The van der Waals surface area contributed by atoms with E-state index in [1.807, 2.05) is 5.32 Å². The fourth-order valence-electron chi connectivity index (χ4n) is 15.4. The van der Waals surface area contributed by atoms with Gasteiger partial charge in [0.1, 0.15) is 72.5 Å². The van der Waals surface area contributed by atoms with E-state index >= 15 is 36.7 Å². The van der Waals surface area contributed by atoms with Crippen LogP contribution in [-0.2, 0) is 91.2 Å². The number of carbonyl (C=O) groups is 16. The van der Waals surface area contributed by atoms with Crippen LogP contribution in [0.4, 0.5) is 22.0 Å². The monoisotopic (exact) mass is 2040 g/mol. The van der Waals surface area contributed by atoms with Gasteiger partial charge in [0.05, 0.1) is 25.7 Å². The van der Waals surface area contributed by atoms with Crippen LogP contribution in [0.2, 0.25) is 0 Å². The average Bonchev–Trinajstić information content (AvgIpc) is 1.34. The van der Waals surface area contributed by atoms with Crippen molar-refractivity contribution in [3.8, 4) is 0 Å². The maximum absolute atomic E-state index is 16.1. The normalized spacial score (nSPS) is 14.5. The molecule has 50 nitrogen and oxygen atoms in total. The first-order chi connectivity index (χ1) is 68.8. The number of hydrogen-bond donors (Lipinski definition) is 34. The number of para-hydroxylation sites is 1. The molecule has 0 spiro atoms. The van der Waals surface area contributed by atoms with Crippen molar-refractivity contribution in [1.29, 1.82) is 27.0 Å². The van der Waals surface area contributed by atoms with E-state index < -0.39 is 302 Å². The number of benzene rings is 4. The van der Waals surface area contributed by atoms with Gasteiger partial charge in [-0.3, -0.25) is 99.0 Å². The predicted octanol–water partition coefficient (Wildman–Crippen LogP) is -5.64. The van der Waals surface area contributed by atoms with Crippen LogP contribution in [0.15, 0.2) is 85.1 Å². The number of fused-ring (bicyclic) bond motifs is 1. The molecule has 0 bridgehead atoms. The molecule has 13 amide bonds. The molecule has 0 radical (unpaired) electrons. The van der Waals surface area contributed by atoms with Gasteiger partial charge < -0.3 is 156 Å². The molecular formula is C90H127F5N30O20. The van der Waals surface area contributed by atoms with Crippen LogP contribution in [0, 0.1) is 62.1 Å². The Labute approximate surface area is 827 Å². The van der Waals surface area contributed by atoms with Gasteiger partial charge >= 0.3 is 11.9 Å². The van der Waals surface area contributed by atoms with Crippen LogP contribution in [0.1, 0.15) is 155 Å². The number of carboxylic acid groups (broad SMARTS) is 2. The summed E-state index contributed by atoms with van der Waals surface area (Å²) < 4.78 is 77.5. The van der Waals surface area contributed by atoms with Crippen molar-refractivity contribution in [3.63, 3.8) is 0 Å². The minimum atomic E-state index is -2.67. The lowest BCUT2D eigenvalue weighted by Crippen LogP contribution is -2.62. The molecule has 1 saturated carbocycles. The number of aliphatic hydroxyl groups excluding tert-OH is 2. The lowest BCUT2D eigenvalue weighted by molar-refractivity contribution is -0.142. The molecule has 1 aliphatic carbocycles. The maximum Gasteiger partial charge on any atom is 0.326 e. The first-order valence-corrected chi connectivity index (χ1v) is 46.3. The number of halogens is 5. The van der Waals surface area contributed by atoms with Crippen molar-refractivity contribution >= 4 is 135 Å². The second kappa shape index (κ2) is 59.7. The highest BCUT2D eigenvalue weighted by Gasteiger charge is 2.41. The Morgan fingerprint density at radius 2 is 0.697 bits per heavy atom. The number of ketones is 1. The summed E-state index contributed by atoms with van der Waals surface area (Å²) in [6.45, 7) is -3.37. The van der Waals surface area contributed by atoms with E-state index in [1.54, 1.807) is 54.6 Å². The van der Waals surface area contributed by atoms with Gasteiger partial charge in [0.2, 0.25) is 82.6 Å². The molecule has 145 heavy (non-hydrogen) atoms.